The van der Waals surface area contributed by atoms with Crippen LogP contribution in [0.25, 0.3) is 0 Å². The summed E-state index contributed by atoms with van der Waals surface area (Å²) in [7, 11) is 0. The predicted molar refractivity (Wildman–Crippen MR) is 80.5 cm³/mol. The van der Waals surface area contributed by atoms with E-state index in [1.54, 1.807) is 6.07 Å². The SMILES string of the molecule is CC(=O)O.CC(C)(C)CC1CC(c2cc(=O)[nH]o2)CCN1. The fourth-order valence-electron chi connectivity index (χ4n) is 2.66. The molecule has 0 aromatic carbocycles. The van der Waals surface area contributed by atoms with E-state index in [0.717, 1.165) is 38.5 Å². The lowest BCUT2D eigenvalue weighted by Crippen LogP contribution is -2.39. The number of hydrogen-bond donors (Lipinski definition) is 3. The van der Waals surface area contributed by atoms with Crippen molar-refractivity contribution < 1.29 is 14.4 Å². The van der Waals surface area contributed by atoms with Crippen LogP contribution in [0.3, 0.4) is 0 Å². The van der Waals surface area contributed by atoms with Crippen LogP contribution in [0.15, 0.2) is 15.4 Å². The van der Waals surface area contributed by atoms with Crippen LogP contribution in [-0.4, -0.2) is 28.8 Å². The summed E-state index contributed by atoms with van der Waals surface area (Å²) in [6.07, 6.45) is 3.25. The highest BCUT2D eigenvalue weighted by atomic mass is 16.5. The third kappa shape index (κ3) is 7.13. The number of piperidine rings is 1. The molecule has 120 valence electrons. The normalized spacial score (nSPS) is 22.3. The largest absolute Gasteiger partial charge is 0.481 e. The van der Waals surface area contributed by atoms with Crippen LogP contribution in [-0.2, 0) is 4.79 Å². The molecule has 6 nitrogen and oxygen atoms in total. The summed E-state index contributed by atoms with van der Waals surface area (Å²) in [6.45, 7) is 8.86. The molecule has 0 aliphatic carbocycles. The number of nitrogens with one attached hydrogen (secondary N) is 2. The number of hydrogen-bond acceptors (Lipinski definition) is 4. The Kier molecular flexibility index (Phi) is 6.20. The van der Waals surface area contributed by atoms with Crippen LogP contribution < -0.4 is 10.9 Å². The molecule has 0 spiro atoms. The van der Waals surface area contributed by atoms with Crippen LogP contribution in [0.5, 0.6) is 0 Å². The Balaban J connectivity index is 0.000000491. The Labute approximate surface area is 124 Å². The van der Waals surface area contributed by atoms with E-state index in [1.807, 2.05) is 0 Å². The minimum atomic E-state index is -0.833. The molecule has 0 radical (unpaired) electrons. The molecule has 2 atom stereocenters. The average Bonchev–Trinajstić information content (AvgIpc) is 2.73. The summed E-state index contributed by atoms with van der Waals surface area (Å²) >= 11 is 0. The van der Waals surface area contributed by atoms with Crippen molar-refractivity contribution >= 4 is 5.97 Å². The summed E-state index contributed by atoms with van der Waals surface area (Å²) < 4.78 is 5.22. The highest BCUT2D eigenvalue weighted by Gasteiger charge is 2.28. The number of aromatic nitrogens is 1. The fourth-order valence-corrected chi connectivity index (χ4v) is 2.66. The summed E-state index contributed by atoms with van der Waals surface area (Å²) in [5.41, 5.74) is 0.198. The Morgan fingerprint density at radius 1 is 1.48 bits per heavy atom. The minimum Gasteiger partial charge on any atom is -0.481 e. The van der Waals surface area contributed by atoms with Gasteiger partial charge < -0.3 is 14.9 Å². The molecule has 21 heavy (non-hydrogen) atoms. The summed E-state index contributed by atoms with van der Waals surface area (Å²) in [4.78, 5) is 20.1. The predicted octanol–water partition coefficient (Wildman–Crippen LogP) is 2.33. The number of carboxylic acid groups (broad SMARTS) is 1. The molecule has 1 aromatic rings. The summed E-state index contributed by atoms with van der Waals surface area (Å²) in [6, 6.07) is 2.11. The molecule has 2 rings (SSSR count). The van der Waals surface area contributed by atoms with E-state index in [0.29, 0.717) is 17.4 Å². The van der Waals surface area contributed by atoms with Gasteiger partial charge >= 0.3 is 0 Å². The first-order chi connectivity index (χ1) is 9.67. The quantitative estimate of drug-likeness (QED) is 0.779. The molecule has 1 saturated heterocycles. The highest BCUT2D eigenvalue weighted by molar-refractivity contribution is 5.62. The number of H-pyrrole nitrogens is 1. The van der Waals surface area contributed by atoms with Gasteiger partial charge in [-0.1, -0.05) is 20.8 Å². The maximum Gasteiger partial charge on any atom is 0.300 e. The van der Waals surface area contributed by atoms with Gasteiger partial charge in [0.1, 0.15) is 5.76 Å². The second kappa shape index (κ2) is 7.45. The third-order valence-corrected chi connectivity index (χ3v) is 3.30. The topological polar surface area (TPSA) is 95.3 Å². The van der Waals surface area contributed by atoms with Crippen LogP contribution >= 0.6 is 0 Å². The van der Waals surface area contributed by atoms with Crippen LogP contribution in [0.4, 0.5) is 0 Å². The number of carboxylic acids is 1. The number of aromatic amines is 1. The fraction of sp³-hybridized carbons (Fsp3) is 0.733. The van der Waals surface area contributed by atoms with E-state index in [-0.39, 0.29) is 5.56 Å². The zero-order valence-corrected chi connectivity index (χ0v) is 13.2. The summed E-state index contributed by atoms with van der Waals surface area (Å²) in [5.74, 6) is 0.359. The highest BCUT2D eigenvalue weighted by Crippen LogP contribution is 2.31. The lowest BCUT2D eigenvalue weighted by Gasteiger charge is -2.33. The Morgan fingerprint density at radius 3 is 2.57 bits per heavy atom. The maximum absolute atomic E-state index is 11.1. The Morgan fingerprint density at radius 2 is 2.10 bits per heavy atom. The molecule has 0 bridgehead atoms. The first-order valence-corrected chi connectivity index (χ1v) is 7.28. The molecule has 6 heteroatoms. The van der Waals surface area contributed by atoms with Gasteiger partial charge in [0.05, 0.1) is 0 Å². The second-order valence-corrected chi connectivity index (χ2v) is 6.77. The zero-order valence-electron chi connectivity index (χ0n) is 13.2. The zero-order chi connectivity index (χ0) is 16.0. The maximum atomic E-state index is 11.1. The first kappa shape index (κ1) is 17.5. The van der Waals surface area contributed by atoms with Crippen molar-refractivity contribution in [2.45, 2.75) is 58.9 Å². The molecular weight excluding hydrogens is 272 g/mol. The molecule has 1 aromatic heterocycles. The van der Waals surface area contributed by atoms with Crippen molar-refractivity contribution in [2.75, 3.05) is 6.54 Å². The Bertz CT molecular complexity index is 494. The van der Waals surface area contributed by atoms with Gasteiger partial charge in [-0.05, 0) is 31.2 Å². The van der Waals surface area contributed by atoms with Crippen LogP contribution in [0, 0.1) is 5.41 Å². The Hall–Kier alpha value is -1.56. The van der Waals surface area contributed by atoms with E-state index >= 15 is 0 Å². The molecular formula is C15H26N2O4. The number of carbonyl (C=O) groups is 1. The van der Waals surface area contributed by atoms with Crippen molar-refractivity contribution in [3.63, 3.8) is 0 Å². The lowest BCUT2D eigenvalue weighted by atomic mass is 9.81. The average molecular weight is 298 g/mol. The van der Waals surface area contributed by atoms with Gasteiger partial charge in [-0.3, -0.25) is 9.59 Å². The van der Waals surface area contributed by atoms with Gasteiger partial charge in [0.25, 0.3) is 11.5 Å². The van der Waals surface area contributed by atoms with Crippen molar-refractivity contribution in [3.8, 4) is 0 Å². The lowest BCUT2D eigenvalue weighted by molar-refractivity contribution is -0.134. The van der Waals surface area contributed by atoms with Crippen molar-refractivity contribution in [1.29, 1.82) is 0 Å². The van der Waals surface area contributed by atoms with Gasteiger partial charge in [0.2, 0.25) is 0 Å². The first-order valence-electron chi connectivity index (χ1n) is 7.28. The van der Waals surface area contributed by atoms with E-state index in [9.17, 15) is 4.79 Å². The molecule has 2 heterocycles. The van der Waals surface area contributed by atoms with Crippen LogP contribution in [0.2, 0.25) is 0 Å². The second-order valence-electron chi connectivity index (χ2n) is 6.77. The third-order valence-electron chi connectivity index (χ3n) is 3.30. The molecule has 3 N–H and O–H groups in total. The minimum absolute atomic E-state index is 0.133. The summed E-state index contributed by atoms with van der Waals surface area (Å²) in [5, 5.41) is 13.3. The molecule has 1 fully saturated rings. The standard InChI is InChI=1S/C13H22N2O2.C2H4O2/c1-13(2,3)8-10-6-9(4-5-14-10)11-7-12(16)15-17-11;1-2(3)4/h7,9-10,14H,4-6,8H2,1-3H3,(H,15,16);1H3,(H,3,4). The van der Waals surface area contributed by atoms with Gasteiger partial charge in [-0.2, -0.15) is 5.16 Å². The van der Waals surface area contributed by atoms with E-state index < -0.39 is 5.97 Å². The van der Waals surface area contributed by atoms with Crippen LogP contribution in [0.1, 0.15) is 58.6 Å². The monoisotopic (exact) mass is 298 g/mol. The molecule has 1 aliphatic heterocycles. The van der Waals surface area contributed by atoms with Gasteiger partial charge in [0, 0.05) is 24.9 Å². The molecule has 0 saturated carbocycles. The van der Waals surface area contributed by atoms with Crippen molar-refractivity contribution in [2.24, 2.45) is 5.41 Å². The number of rotatable bonds is 2. The molecule has 2 unspecified atom stereocenters. The molecule has 1 aliphatic rings. The number of aliphatic carboxylic acids is 1. The van der Waals surface area contributed by atoms with Gasteiger partial charge in [0.15, 0.2) is 0 Å². The van der Waals surface area contributed by atoms with E-state index in [1.165, 1.54) is 0 Å². The van der Waals surface area contributed by atoms with Gasteiger partial charge in [-0.25, -0.2) is 0 Å². The van der Waals surface area contributed by atoms with E-state index in [4.69, 9.17) is 14.4 Å². The molecule has 0 amide bonds. The van der Waals surface area contributed by atoms with Crippen molar-refractivity contribution in [1.82, 2.24) is 10.5 Å². The van der Waals surface area contributed by atoms with Crippen molar-refractivity contribution in [3.05, 3.63) is 22.2 Å². The van der Waals surface area contributed by atoms with E-state index in [2.05, 4.69) is 31.2 Å². The van der Waals surface area contributed by atoms with Gasteiger partial charge in [-0.15, -0.1) is 0 Å². The smallest absolute Gasteiger partial charge is 0.300 e.